The zero-order valence-electron chi connectivity index (χ0n) is 14.6. The van der Waals surface area contributed by atoms with Crippen molar-refractivity contribution in [1.29, 1.82) is 0 Å². The highest BCUT2D eigenvalue weighted by molar-refractivity contribution is 14.1. The van der Waals surface area contributed by atoms with Crippen molar-refractivity contribution in [1.82, 2.24) is 0 Å². The number of carbonyl (C=O) groups is 1. The summed E-state index contributed by atoms with van der Waals surface area (Å²) in [5.74, 6) is 3.11. The highest BCUT2D eigenvalue weighted by Gasteiger charge is 2.27. The molecule has 0 saturated carbocycles. The number of rotatable bonds is 6. The predicted octanol–water partition coefficient (Wildman–Crippen LogP) is 4.05. The molecule has 0 N–H and O–H groups in total. The Labute approximate surface area is 171 Å². The predicted molar refractivity (Wildman–Crippen MR) is 112 cm³/mol. The van der Waals surface area contributed by atoms with E-state index >= 15 is 0 Å². The molecule has 2 aromatic rings. The van der Waals surface area contributed by atoms with Crippen LogP contribution in [0.5, 0.6) is 11.5 Å². The molecule has 0 saturated heterocycles. The van der Waals surface area contributed by atoms with Gasteiger partial charge in [0.05, 0.1) is 15.8 Å². The lowest BCUT2D eigenvalue weighted by molar-refractivity contribution is -0.136. The van der Waals surface area contributed by atoms with Gasteiger partial charge in [0.25, 0.3) is 0 Å². The van der Waals surface area contributed by atoms with Crippen LogP contribution in [0.2, 0.25) is 0 Å². The molecule has 6 heteroatoms. The quantitative estimate of drug-likeness (QED) is 0.275. The van der Waals surface area contributed by atoms with E-state index in [1.807, 2.05) is 43.3 Å². The minimum atomic E-state index is -0.491. The number of oxime groups is 1. The second kappa shape index (κ2) is 8.73. The number of benzene rings is 2. The largest absolute Gasteiger partial charge is 0.490 e. The number of hydrogen-bond donors (Lipinski definition) is 0. The van der Waals surface area contributed by atoms with E-state index in [0.717, 1.165) is 14.7 Å². The lowest BCUT2D eigenvalue weighted by Gasteiger charge is -2.13. The van der Waals surface area contributed by atoms with Gasteiger partial charge >= 0.3 is 5.97 Å². The fraction of sp³-hybridized carbons (Fsp3) is 0.143. The van der Waals surface area contributed by atoms with Crippen LogP contribution in [0, 0.1) is 15.9 Å². The molecule has 0 atom stereocenters. The number of nitrogens with zero attached hydrogens (tertiary/aromatic N) is 1. The smallest absolute Gasteiger partial charge is 0.368 e. The Bertz CT molecular complexity index is 958. The second-order valence-electron chi connectivity index (χ2n) is 5.50. The Balaban J connectivity index is 2.01. The molecule has 0 spiro atoms. The van der Waals surface area contributed by atoms with Gasteiger partial charge < -0.3 is 14.3 Å². The van der Waals surface area contributed by atoms with Crippen LogP contribution in [0.1, 0.15) is 18.1 Å². The zero-order chi connectivity index (χ0) is 19.2. The maximum absolute atomic E-state index is 12.2. The summed E-state index contributed by atoms with van der Waals surface area (Å²) in [6.45, 7) is 2.51. The molecule has 0 radical (unpaired) electrons. The summed E-state index contributed by atoms with van der Waals surface area (Å²) in [6.07, 6.45) is 7.02. The number of carbonyl (C=O) groups excluding carboxylic acids is 1. The average molecular weight is 473 g/mol. The van der Waals surface area contributed by atoms with Gasteiger partial charge in [-0.3, -0.25) is 0 Å². The summed E-state index contributed by atoms with van der Waals surface area (Å²) in [5, 5.41) is 3.92. The minimum Gasteiger partial charge on any atom is -0.490 e. The summed E-state index contributed by atoms with van der Waals surface area (Å²) >= 11 is 2.15. The van der Waals surface area contributed by atoms with Crippen LogP contribution < -0.4 is 9.47 Å². The van der Waals surface area contributed by atoms with Crippen molar-refractivity contribution in [3.8, 4) is 23.8 Å². The SMILES string of the molecule is C#CCOc1c(I)cc(/C=C2\C(=O)ON=C2c2ccccc2)cc1OCC. The topological polar surface area (TPSA) is 57.1 Å². The molecule has 136 valence electrons. The second-order valence-corrected chi connectivity index (χ2v) is 6.66. The van der Waals surface area contributed by atoms with Crippen LogP contribution >= 0.6 is 22.6 Å². The van der Waals surface area contributed by atoms with Crippen LogP contribution in [0.15, 0.2) is 53.2 Å². The van der Waals surface area contributed by atoms with Gasteiger partial charge in [-0.05, 0) is 53.3 Å². The first-order chi connectivity index (χ1) is 13.1. The molecular formula is C21H16INO4. The number of ether oxygens (including phenoxy) is 2. The molecule has 0 fully saturated rings. The van der Waals surface area contributed by atoms with Crippen molar-refractivity contribution in [3.63, 3.8) is 0 Å². The maximum atomic E-state index is 12.2. The molecule has 1 aliphatic rings. The van der Waals surface area contributed by atoms with Gasteiger partial charge in [-0.1, -0.05) is 41.4 Å². The molecular weight excluding hydrogens is 457 g/mol. The Hall–Kier alpha value is -2.79. The summed E-state index contributed by atoms with van der Waals surface area (Å²) in [5.41, 5.74) is 2.47. The number of hydrogen-bond acceptors (Lipinski definition) is 5. The van der Waals surface area contributed by atoms with Crippen molar-refractivity contribution < 1.29 is 19.1 Å². The van der Waals surface area contributed by atoms with E-state index in [0.29, 0.717) is 29.4 Å². The Morgan fingerprint density at radius 1 is 1.26 bits per heavy atom. The van der Waals surface area contributed by atoms with Crippen LogP contribution in [-0.4, -0.2) is 24.9 Å². The molecule has 0 unspecified atom stereocenters. The van der Waals surface area contributed by atoms with Crippen LogP contribution in [0.25, 0.3) is 6.08 Å². The van der Waals surface area contributed by atoms with Gasteiger partial charge in [0.2, 0.25) is 0 Å². The third-order valence-corrected chi connectivity index (χ3v) is 4.49. The number of halogens is 1. The zero-order valence-corrected chi connectivity index (χ0v) is 16.7. The minimum absolute atomic E-state index is 0.146. The molecule has 0 aromatic heterocycles. The summed E-state index contributed by atoms with van der Waals surface area (Å²) < 4.78 is 12.1. The standard InChI is InChI=1S/C21H16INO4/c1-3-10-26-20-17(22)12-14(13-18(20)25-4-2)11-16-19(23-27-21(16)24)15-8-6-5-7-9-15/h1,5-9,11-13H,4,10H2,2H3/b16-11-. The third-order valence-electron chi connectivity index (χ3n) is 3.68. The van der Waals surface area contributed by atoms with Crippen LogP contribution in [-0.2, 0) is 9.63 Å². The Kier molecular flexibility index (Phi) is 6.14. The van der Waals surface area contributed by atoms with Crippen molar-refractivity contribution >= 4 is 40.3 Å². The first-order valence-corrected chi connectivity index (χ1v) is 9.31. The summed E-state index contributed by atoms with van der Waals surface area (Å²) in [4.78, 5) is 17.1. The molecule has 5 nitrogen and oxygen atoms in total. The van der Waals surface area contributed by atoms with E-state index < -0.39 is 5.97 Å². The summed E-state index contributed by atoms with van der Waals surface area (Å²) in [7, 11) is 0. The average Bonchev–Trinajstić information content (AvgIpc) is 3.03. The highest BCUT2D eigenvalue weighted by atomic mass is 127. The van der Waals surface area contributed by atoms with E-state index in [-0.39, 0.29) is 6.61 Å². The maximum Gasteiger partial charge on any atom is 0.368 e. The fourth-order valence-corrected chi connectivity index (χ4v) is 3.35. The van der Waals surface area contributed by atoms with Gasteiger partial charge in [-0.15, -0.1) is 6.42 Å². The molecule has 1 aliphatic heterocycles. The normalized spacial score (nSPS) is 14.5. The molecule has 0 bridgehead atoms. The molecule has 1 heterocycles. The fourth-order valence-electron chi connectivity index (χ4n) is 2.57. The van der Waals surface area contributed by atoms with Gasteiger partial charge in [-0.2, -0.15) is 0 Å². The van der Waals surface area contributed by atoms with E-state index in [1.165, 1.54) is 0 Å². The Morgan fingerprint density at radius 2 is 2.04 bits per heavy atom. The van der Waals surface area contributed by atoms with Gasteiger partial charge in [0, 0.05) is 5.56 Å². The molecule has 3 rings (SSSR count). The highest BCUT2D eigenvalue weighted by Crippen LogP contribution is 2.35. The van der Waals surface area contributed by atoms with Gasteiger partial charge in [-0.25, -0.2) is 4.79 Å². The van der Waals surface area contributed by atoms with E-state index in [2.05, 4.69) is 33.7 Å². The van der Waals surface area contributed by atoms with Crippen molar-refractivity contribution in [2.45, 2.75) is 6.92 Å². The van der Waals surface area contributed by atoms with E-state index in [9.17, 15) is 4.79 Å². The lowest BCUT2D eigenvalue weighted by Crippen LogP contribution is -2.07. The lowest BCUT2D eigenvalue weighted by atomic mass is 10.0. The van der Waals surface area contributed by atoms with E-state index in [4.69, 9.17) is 20.7 Å². The molecule has 27 heavy (non-hydrogen) atoms. The monoisotopic (exact) mass is 473 g/mol. The van der Waals surface area contributed by atoms with Crippen molar-refractivity contribution in [3.05, 3.63) is 62.7 Å². The van der Waals surface area contributed by atoms with Gasteiger partial charge in [0.1, 0.15) is 12.3 Å². The van der Waals surface area contributed by atoms with Crippen molar-refractivity contribution in [2.75, 3.05) is 13.2 Å². The molecule has 2 aromatic carbocycles. The first-order valence-electron chi connectivity index (χ1n) is 8.23. The van der Waals surface area contributed by atoms with E-state index in [1.54, 1.807) is 12.1 Å². The Morgan fingerprint density at radius 3 is 2.74 bits per heavy atom. The third kappa shape index (κ3) is 4.31. The van der Waals surface area contributed by atoms with Crippen LogP contribution in [0.3, 0.4) is 0 Å². The number of terminal acetylenes is 1. The van der Waals surface area contributed by atoms with Gasteiger partial charge in [0.15, 0.2) is 11.5 Å². The molecule has 0 aliphatic carbocycles. The first kappa shape index (κ1) is 19.0. The van der Waals surface area contributed by atoms with Crippen LogP contribution in [0.4, 0.5) is 0 Å². The molecule has 0 amide bonds. The summed E-state index contributed by atoms with van der Waals surface area (Å²) in [6, 6.07) is 13.1. The van der Waals surface area contributed by atoms with Crippen molar-refractivity contribution in [2.24, 2.45) is 5.16 Å².